The molecule has 3 rings (SSSR count). The molecule has 16 atom stereocenters. The van der Waals surface area contributed by atoms with Crippen molar-refractivity contribution in [3.63, 3.8) is 0 Å². The molecule has 0 aromatic rings. The van der Waals surface area contributed by atoms with E-state index in [2.05, 4.69) is 10.6 Å². The molecule has 0 aromatic carbocycles. The van der Waals surface area contributed by atoms with E-state index >= 15 is 0 Å². The van der Waals surface area contributed by atoms with Gasteiger partial charge in [0.15, 0.2) is 18.7 Å². The minimum Gasteiger partial charge on any atom is -0.477 e. The van der Waals surface area contributed by atoms with Gasteiger partial charge in [-0.25, -0.2) is 4.79 Å². The Morgan fingerprint density at radius 3 is 1.94 bits per heavy atom. The van der Waals surface area contributed by atoms with E-state index in [-0.39, 0.29) is 0 Å². The Hall–Kier alpha value is -2.68. The molecule has 3 fully saturated rings. The molecule has 0 saturated carbocycles. The zero-order valence-corrected chi connectivity index (χ0v) is 26.5. The normalized spacial score (nSPS) is 40.9. The number of aliphatic hydroxyl groups is 9. The fourth-order valence-corrected chi connectivity index (χ4v) is 5.89. The van der Waals surface area contributed by atoms with E-state index in [4.69, 9.17) is 28.4 Å². The Bertz CT molecular complexity index is 1160. The zero-order valence-electron chi connectivity index (χ0n) is 26.5. The van der Waals surface area contributed by atoms with Crippen LogP contribution in [0.2, 0.25) is 0 Å². The van der Waals surface area contributed by atoms with Gasteiger partial charge in [-0.3, -0.25) is 14.4 Å². The third-order valence-corrected chi connectivity index (χ3v) is 8.14. The van der Waals surface area contributed by atoms with Crippen molar-refractivity contribution in [1.82, 2.24) is 10.6 Å². The summed E-state index contributed by atoms with van der Waals surface area (Å²) in [5.74, 6) is -7.60. The van der Waals surface area contributed by atoms with Gasteiger partial charge >= 0.3 is 11.9 Å². The molecule has 22 nitrogen and oxygen atoms in total. The molecule has 0 aliphatic carbocycles. The Morgan fingerprint density at radius 2 is 1.43 bits per heavy atom. The second-order valence-electron chi connectivity index (χ2n) is 11.8. The van der Waals surface area contributed by atoms with Crippen molar-refractivity contribution < 1.29 is 98.7 Å². The summed E-state index contributed by atoms with van der Waals surface area (Å²) >= 11 is 0. The van der Waals surface area contributed by atoms with Gasteiger partial charge in [0.2, 0.25) is 11.8 Å². The molecule has 12 N–H and O–H groups in total. The van der Waals surface area contributed by atoms with E-state index in [1.54, 1.807) is 0 Å². The maximum Gasteiger partial charge on any atom is 0.364 e. The van der Waals surface area contributed by atoms with E-state index in [9.17, 15) is 70.2 Å². The summed E-state index contributed by atoms with van der Waals surface area (Å²) < 4.78 is 32.8. The van der Waals surface area contributed by atoms with Crippen LogP contribution >= 0.6 is 0 Å². The van der Waals surface area contributed by atoms with Crippen LogP contribution < -0.4 is 10.6 Å². The summed E-state index contributed by atoms with van der Waals surface area (Å²) in [5, 5.41) is 109. The summed E-state index contributed by atoms with van der Waals surface area (Å²) in [6.45, 7) is 0.0591. The molecule has 3 heterocycles. The number of aliphatic carboxylic acids is 1. The van der Waals surface area contributed by atoms with Crippen LogP contribution in [-0.4, -0.2) is 192 Å². The standard InChI is InChI=1S/C27H44N2O20/c1-8(33)28-15-11(36)4-27(26(42)43,48-22(15)20(12(37)5-30)44-10(3)35)49-23-17(38)13(6-31)46-25(19(23)40)47-21-14(7-32)45-24(41)16(18(21)39)29-9(2)34/h11-25,30-32,36-41H,4-7H2,1-3H3,(H,28,33)(H,29,34)(H,42,43)/t11-,12+,13+,14+,15+,16+,17-,18+,19+,20+,21+,22+,23-,24?,25-,27-/m0/s1. The second-order valence-corrected chi connectivity index (χ2v) is 11.8. The van der Waals surface area contributed by atoms with Gasteiger partial charge in [0.25, 0.3) is 5.79 Å². The first-order valence-electron chi connectivity index (χ1n) is 15.1. The lowest BCUT2D eigenvalue weighted by atomic mass is 9.88. The minimum absolute atomic E-state index is 0.700. The van der Waals surface area contributed by atoms with Crippen LogP contribution in [0.3, 0.4) is 0 Å². The first-order chi connectivity index (χ1) is 22.9. The lowest BCUT2D eigenvalue weighted by molar-refractivity contribution is -0.382. The van der Waals surface area contributed by atoms with Crippen molar-refractivity contribution in [3.05, 3.63) is 0 Å². The highest BCUT2D eigenvalue weighted by atomic mass is 16.8. The van der Waals surface area contributed by atoms with Crippen molar-refractivity contribution >= 4 is 23.8 Å². The van der Waals surface area contributed by atoms with E-state index in [0.29, 0.717) is 0 Å². The van der Waals surface area contributed by atoms with Gasteiger partial charge in [-0.1, -0.05) is 0 Å². The van der Waals surface area contributed by atoms with Crippen molar-refractivity contribution in [2.24, 2.45) is 0 Å². The number of carboxylic acid groups (broad SMARTS) is 1. The molecular formula is C27H44N2O20. The monoisotopic (exact) mass is 716 g/mol. The maximum absolute atomic E-state index is 12.8. The number of carbonyl (C=O) groups excluding carboxylic acids is 3. The van der Waals surface area contributed by atoms with Gasteiger partial charge in [-0.05, 0) is 0 Å². The third-order valence-electron chi connectivity index (χ3n) is 8.14. The van der Waals surface area contributed by atoms with Gasteiger partial charge in [-0.15, -0.1) is 0 Å². The summed E-state index contributed by atoms with van der Waals surface area (Å²) in [5.41, 5.74) is 0. The second kappa shape index (κ2) is 17.0. The molecule has 0 bridgehead atoms. The highest BCUT2D eigenvalue weighted by molar-refractivity contribution is 5.77. The average molecular weight is 717 g/mol. The lowest BCUT2D eigenvalue weighted by Crippen LogP contribution is -2.71. The predicted molar refractivity (Wildman–Crippen MR) is 151 cm³/mol. The fourth-order valence-electron chi connectivity index (χ4n) is 5.89. The van der Waals surface area contributed by atoms with Gasteiger partial charge in [0.1, 0.15) is 61.0 Å². The van der Waals surface area contributed by atoms with Gasteiger partial charge in [-0.2, -0.15) is 0 Å². The quantitative estimate of drug-likeness (QED) is 0.0787. The number of carboxylic acids is 1. The summed E-state index contributed by atoms with van der Waals surface area (Å²) in [4.78, 5) is 48.3. The molecule has 3 aliphatic rings. The van der Waals surface area contributed by atoms with E-state index in [1.165, 1.54) is 0 Å². The van der Waals surface area contributed by atoms with Crippen LogP contribution in [0.4, 0.5) is 0 Å². The number of aliphatic hydroxyl groups excluding tert-OH is 9. The summed E-state index contributed by atoms with van der Waals surface area (Å²) in [7, 11) is 0. The molecule has 49 heavy (non-hydrogen) atoms. The molecule has 2 amide bonds. The van der Waals surface area contributed by atoms with Gasteiger partial charge in [0.05, 0.1) is 32.0 Å². The molecule has 282 valence electrons. The smallest absolute Gasteiger partial charge is 0.364 e. The predicted octanol–water partition coefficient (Wildman–Crippen LogP) is -7.51. The number of hydrogen-bond acceptors (Lipinski definition) is 19. The Labute approximate surface area is 278 Å². The largest absolute Gasteiger partial charge is 0.477 e. The first kappa shape index (κ1) is 40.7. The number of nitrogens with one attached hydrogen (secondary N) is 2. The van der Waals surface area contributed by atoms with E-state index in [1.807, 2.05) is 0 Å². The van der Waals surface area contributed by atoms with Crippen molar-refractivity contribution in [2.45, 2.75) is 125 Å². The molecule has 3 saturated heterocycles. The zero-order chi connectivity index (χ0) is 37.0. The van der Waals surface area contributed by atoms with Crippen LogP contribution in [-0.2, 0) is 47.6 Å². The SMILES string of the molecule is CC(=O)N[C@H]1[C@H]([C@H](OC(C)=O)[C@H](O)CO)O[C@@](O[C@H]2[C@@H](O)[C@@H](CO)O[C@@H](O[C@H]3[C@H](O)[C@@H](NC(C)=O)C(O)O[C@@H]3CO)[C@@H]2O)(C(=O)O)C[C@@H]1O. The lowest BCUT2D eigenvalue weighted by Gasteiger charge is -2.51. The molecule has 0 aromatic heterocycles. The number of esters is 1. The summed E-state index contributed by atoms with van der Waals surface area (Å²) in [6.07, 6.45) is -25.8. The molecule has 0 spiro atoms. The van der Waals surface area contributed by atoms with Crippen LogP contribution in [0, 0.1) is 0 Å². The van der Waals surface area contributed by atoms with Crippen molar-refractivity contribution in [2.75, 3.05) is 19.8 Å². The minimum atomic E-state index is -3.08. The number of amides is 2. The van der Waals surface area contributed by atoms with E-state index < -0.39 is 148 Å². The number of hydrogen-bond donors (Lipinski definition) is 12. The number of rotatable bonds is 13. The topological polar surface area (TPSA) is 350 Å². The molecule has 0 radical (unpaired) electrons. The first-order valence-corrected chi connectivity index (χ1v) is 15.1. The van der Waals surface area contributed by atoms with Crippen LogP contribution in [0.5, 0.6) is 0 Å². The number of ether oxygens (including phenoxy) is 6. The van der Waals surface area contributed by atoms with Crippen LogP contribution in [0.1, 0.15) is 27.2 Å². The highest BCUT2D eigenvalue weighted by Gasteiger charge is 2.60. The van der Waals surface area contributed by atoms with Crippen LogP contribution in [0.25, 0.3) is 0 Å². The number of carbonyl (C=O) groups is 4. The Morgan fingerprint density at radius 1 is 0.837 bits per heavy atom. The summed E-state index contributed by atoms with van der Waals surface area (Å²) in [6, 6.07) is -3.10. The van der Waals surface area contributed by atoms with Crippen molar-refractivity contribution in [1.29, 1.82) is 0 Å². The van der Waals surface area contributed by atoms with Gasteiger partial charge < -0.3 is 90.1 Å². The molecular weight excluding hydrogens is 672 g/mol. The fraction of sp³-hybridized carbons (Fsp3) is 0.852. The van der Waals surface area contributed by atoms with E-state index in [0.717, 1.165) is 20.8 Å². The molecule has 22 heteroatoms. The van der Waals surface area contributed by atoms with Gasteiger partial charge in [0, 0.05) is 27.2 Å². The van der Waals surface area contributed by atoms with Crippen LogP contribution in [0.15, 0.2) is 0 Å². The van der Waals surface area contributed by atoms with Crippen molar-refractivity contribution in [3.8, 4) is 0 Å². The molecule has 1 unspecified atom stereocenters. The highest BCUT2D eigenvalue weighted by Crippen LogP contribution is 2.38. The Kier molecular flexibility index (Phi) is 14.2. The maximum atomic E-state index is 12.8. The Balaban J connectivity index is 2.01. The third kappa shape index (κ3) is 9.17. The average Bonchev–Trinajstić information content (AvgIpc) is 3.02. The molecule has 3 aliphatic heterocycles.